The molecule has 1 N–H and O–H groups in total. The van der Waals surface area contributed by atoms with Crippen LogP contribution in [0, 0.1) is 12.8 Å². The fraction of sp³-hybridized carbons (Fsp3) is 0.467. The predicted octanol–water partition coefficient (Wildman–Crippen LogP) is 7.18. The Kier molecular flexibility index (Phi) is 7.43. The Bertz CT molecular complexity index is 1350. The lowest BCUT2D eigenvalue weighted by Gasteiger charge is -2.44. The van der Waals surface area contributed by atoms with E-state index in [1.54, 1.807) is 13.0 Å². The molecule has 0 amide bonds. The van der Waals surface area contributed by atoms with Crippen molar-refractivity contribution in [1.82, 2.24) is 10.6 Å². The third-order valence-electron chi connectivity index (χ3n) is 7.58. The maximum Gasteiger partial charge on any atom is 0.573 e. The highest BCUT2D eigenvalue weighted by molar-refractivity contribution is 5.75. The van der Waals surface area contributed by atoms with Gasteiger partial charge < -0.3 is 14.0 Å². The molecule has 1 spiro atoms. The molecule has 3 aromatic rings. The molecule has 7 nitrogen and oxygen atoms in total. The van der Waals surface area contributed by atoms with Crippen molar-refractivity contribution in [2.45, 2.75) is 82.9 Å². The molecule has 1 aromatic heterocycles. The summed E-state index contributed by atoms with van der Waals surface area (Å²) < 4.78 is 54.7. The Labute approximate surface area is 230 Å². The van der Waals surface area contributed by atoms with Crippen molar-refractivity contribution in [2.75, 3.05) is 0 Å². The number of rotatable bonds is 5. The first-order valence-corrected chi connectivity index (χ1v) is 13.4. The minimum Gasteiger partial charge on any atom is -0.460 e. The van der Waals surface area contributed by atoms with Crippen LogP contribution in [-0.4, -0.2) is 28.7 Å². The van der Waals surface area contributed by atoms with E-state index in [-0.39, 0.29) is 17.6 Å². The van der Waals surface area contributed by atoms with Gasteiger partial charge in [-0.3, -0.25) is 9.63 Å². The molecule has 40 heavy (non-hydrogen) atoms. The van der Waals surface area contributed by atoms with Gasteiger partial charge in [0, 0.05) is 17.9 Å². The van der Waals surface area contributed by atoms with Crippen LogP contribution >= 0.6 is 0 Å². The summed E-state index contributed by atoms with van der Waals surface area (Å²) in [6.45, 7) is 7.27. The van der Waals surface area contributed by atoms with Crippen LogP contribution in [-0.2, 0) is 14.4 Å². The Morgan fingerprint density at radius 3 is 2.50 bits per heavy atom. The van der Waals surface area contributed by atoms with E-state index < -0.39 is 29.5 Å². The second-order valence-electron chi connectivity index (χ2n) is 11.6. The number of aryl methyl sites for hydroxylation is 1. The van der Waals surface area contributed by atoms with Crippen LogP contribution in [0.1, 0.15) is 75.3 Å². The van der Waals surface area contributed by atoms with E-state index in [9.17, 15) is 18.0 Å². The number of carbonyl (C=O) groups is 1. The van der Waals surface area contributed by atoms with Gasteiger partial charge in [-0.05, 0) is 75.8 Å². The Morgan fingerprint density at radius 1 is 1.10 bits per heavy atom. The zero-order chi connectivity index (χ0) is 28.7. The largest absolute Gasteiger partial charge is 0.573 e. The molecule has 10 heteroatoms. The summed E-state index contributed by atoms with van der Waals surface area (Å²) in [5, 5.41) is 3.85. The maximum absolute atomic E-state index is 13.5. The fourth-order valence-electron chi connectivity index (χ4n) is 6.10. The number of hydroxylamine groups is 1. The molecule has 4 atom stereocenters. The lowest BCUT2D eigenvalue weighted by molar-refractivity contribution is -0.274. The Balaban J connectivity index is 1.55. The maximum atomic E-state index is 13.5. The zero-order valence-corrected chi connectivity index (χ0v) is 22.9. The summed E-state index contributed by atoms with van der Waals surface area (Å²) in [5.41, 5.74) is 4.48. The summed E-state index contributed by atoms with van der Waals surface area (Å²) in [6.07, 6.45) is -0.847. The molecule has 2 aromatic carbocycles. The van der Waals surface area contributed by atoms with Crippen LogP contribution in [0.4, 0.5) is 13.2 Å². The average Bonchev–Trinajstić information content (AvgIpc) is 3.49. The van der Waals surface area contributed by atoms with Gasteiger partial charge >= 0.3 is 12.3 Å². The van der Waals surface area contributed by atoms with E-state index >= 15 is 0 Å². The highest BCUT2D eigenvalue weighted by atomic mass is 19.4. The highest BCUT2D eigenvalue weighted by Crippen LogP contribution is 2.54. The highest BCUT2D eigenvalue weighted by Gasteiger charge is 2.55. The van der Waals surface area contributed by atoms with Gasteiger partial charge in [0.15, 0.2) is 0 Å². The first-order valence-electron chi connectivity index (χ1n) is 13.4. The number of carbonyl (C=O) groups excluding carboxylic acids is 1. The number of benzene rings is 2. The molecule has 1 saturated heterocycles. The van der Waals surface area contributed by atoms with Gasteiger partial charge in [-0.25, -0.2) is 0 Å². The molecule has 1 saturated carbocycles. The molecule has 1 aliphatic carbocycles. The monoisotopic (exact) mass is 558 g/mol. The van der Waals surface area contributed by atoms with Crippen LogP contribution in [0.3, 0.4) is 0 Å². The second-order valence-corrected chi connectivity index (χ2v) is 11.6. The minimum absolute atomic E-state index is 0.283. The van der Waals surface area contributed by atoms with Gasteiger partial charge in [-0.15, -0.1) is 13.2 Å². The molecule has 2 fully saturated rings. The summed E-state index contributed by atoms with van der Waals surface area (Å²) in [7, 11) is 0. The molecule has 214 valence electrons. The summed E-state index contributed by atoms with van der Waals surface area (Å²) in [5.74, 6) is -0.864. The first-order chi connectivity index (χ1) is 18.9. The lowest BCUT2D eigenvalue weighted by atomic mass is 9.64. The van der Waals surface area contributed by atoms with E-state index in [1.807, 2.05) is 51.1 Å². The number of ether oxygens (including phenoxy) is 2. The molecule has 1 aliphatic heterocycles. The van der Waals surface area contributed by atoms with Gasteiger partial charge in [0.1, 0.15) is 17.1 Å². The lowest BCUT2D eigenvalue weighted by Crippen LogP contribution is -2.47. The first kappa shape index (κ1) is 28.2. The van der Waals surface area contributed by atoms with Gasteiger partial charge in [0.25, 0.3) is 0 Å². The summed E-state index contributed by atoms with van der Waals surface area (Å²) >= 11 is 0. The molecule has 0 radical (unpaired) electrons. The van der Waals surface area contributed by atoms with E-state index in [0.29, 0.717) is 41.7 Å². The van der Waals surface area contributed by atoms with E-state index in [4.69, 9.17) is 14.1 Å². The fourth-order valence-corrected chi connectivity index (χ4v) is 6.10. The van der Waals surface area contributed by atoms with Crippen LogP contribution < -0.4 is 10.2 Å². The molecular formula is C30H33F3N2O5. The Hall–Kier alpha value is -3.37. The summed E-state index contributed by atoms with van der Waals surface area (Å²) in [4.78, 5) is 19.9. The van der Waals surface area contributed by atoms with Crippen molar-refractivity contribution in [1.29, 1.82) is 0 Å². The number of esters is 1. The number of hydrogen-bond acceptors (Lipinski definition) is 7. The molecule has 2 aliphatic rings. The van der Waals surface area contributed by atoms with Crippen molar-refractivity contribution >= 4 is 5.97 Å². The molecule has 2 heterocycles. The smallest absolute Gasteiger partial charge is 0.460 e. The third kappa shape index (κ3) is 5.88. The number of halogens is 3. The van der Waals surface area contributed by atoms with Gasteiger partial charge in [-0.1, -0.05) is 41.6 Å². The number of aromatic nitrogens is 1. The van der Waals surface area contributed by atoms with Crippen molar-refractivity contribution in [3.05, 3.63) is 71.6 Å². The Morgan fingerprint density at radius 2 is 1.85 bits per heavy atom. The average molecular weight is 559 g/mol. The quantitative estimate of drug-likeness (QED) is 0.332. The number of hydrogen-bond donors (Lipinski definition) is 1. The predicted molar refractivity (Wildman–Crippen MR) is 140 cm³/mol. The van der Waals surface area contributed by atoms with Crippen molar-refractivity contribution in [3.63, 3.8) is 0 Å². The SMILES string of the molecule is Cc1oncc1-c1ccc(OC(F)(F)F)cc1[C@H]1C[C@@]2(CCCC(C(=O)OC(C)(C)C)[C@H]2c2ccccc2)ON1. The van der Waals surface area contributed by atoms with Crippen LogP contribution in [0.5, 0.6) is 5.75 Å². The van der Waals surface area contributed by atoms with Gasteiger partial charge in [-0.2, -0.15) is 5.48 Å². The zero-order valence-electron chi connectivity index (χ0n) is 22.9. The van der Waals surface area contributed by atoms with Gasteiger partial charge in [0.2, 0.25) is 0 Å². The molecule has 0 bridgehead atoms. The van der Waals surface area contributed by atoms with Crippen molar-refractivity contribution in [2.24, 2.45) is 5.92 Å². The van der Waals surface area contributed by atoms with Crippen molar-refractivity contribution < 1.29 is 36.8 Å². The number of alkyl halides is 3. The van der Waals surface area contributed by atoms with Crippen LogP contribution in [0.15, 0.2) is 59.3 Å². The topological polar surface area (TPSA) is 82.8 Å². The minimum atomic E-state index is -4.84. The second kappa shape index (κ2) is 10.6. The molecular weight excluding hydrogens is 525 g/mol. The van der Waals surface area contributed by atoms with E-state index in [2.05, 4.69) is 15.4 Å². The van der Waals surface area contributed by atoms with Crippen LogP contribution in [0.25, 0.3) is 11.1 Å². The molecule has 1 unspecified atom stereocenters. The number of nitrogens with one attached hydrogen (secondary N) is 1. The standard InChI is InChI=1S/C30H33F3N2O5/c1-18-24(17-34-39-18)21-13-12-20(37-30(31,32)33)15-23(21)25-16-29(40-35-25)14-8-11-22(27(36)38-28(2,3)4)26(29)19-9-6-5-7-10-19/h5-7,9-10,12-13,15,17,22,25-26,35H,8,11,14,16H2,1-4H3/t22?,25-,26-,29-/m1/s1. The summed E-state index contributed by atoms with van der Waals surface area (Å²) in [6, 6.07) is 13.5. The van der Waals surface area contributed by atoms with E-state index in [1.165, 1.54) is 18.3 Å². The van der Waals surface area contributed by atoms with Gasteiger partial charge in [0.05, 0.1) is 23.8 Å². The van der Waals surface area contributed by atoms with E-state index in [0.717, 1.165) is 12.0 Å². The third-order valence-corrected chi connectivity index (χ3v) is 7.58. The molecule has 5 rings (SSSR count). The number of nitrogens with zero attached hydrogens (tertiary/aromatic N) is 1. The normalized spacial score (nSPS) is 25.2. The van der Waals surface area contributed by atoms with Crippen LogP contribution in [0.2, 0.25) is 0 Å². The van der Waals surface area contributed by atoms with Crippen molar-refractivity contribution in [3.8, 4) is 16.9 Å².